The molecule has 1 aliphatic rings. The number of halogens is 1. The maximum atomic E-state index is 11.6. The Morgan fingerprint density at radius 3 is 2.45 bits per heavy atom. The molecule has 1 aliphatic carbocycles. The van der Waals surface area contributed by atoms with E-state index >= 15 is 0 Å². The Hall–Kier alpha value is -1.52. The Labute approximate surface area is 127 Å². The van der Waals surface area contributed by atoms with Crippen molar-refractivity contribution in [2.24, 2.45) is 5.92 Å². The molecule has 1 saturated carbocycles. The van der Waals surface area contributed by atoms with Crippen molar-refractivity contribution in [2.75, 3.05) is 10.6 Å². The van der Waals surface area contributed by atoms with Gasteiger partial charge in [-0.15, -0.1) is 11.3 Å². The molecule has 1 aromatic carbocycles. The first-order valence-electron chi connectivity index (χ1n) is 6.60. The van der Waals surface area contributed by atoms with Crippen LogP contribution >= 0.6 is 22.9 Å². The molecular weight excluding hydrogens is 292 g/mol. The summed E-state index contributed by atoms with van der Waals surface area (Å²) in [5, 5.41) is 6.26. The van der Waals surface area contributed by atoms with Crippen LogP contribution in [0.5, 0.6) is 0 Å². The van der Waals surface area contributed by atoms with Crippen LogP contribution in [-0.2, 0) is 11.3 Å². The molecule has 1 aromatic heterocycles. The zero-order valence-electron chi connectivity index (χ0n) is 10.9. The molecule has 0 aliphatic heterocycles. The van der Waals surface area contributed by atoms with Gasteiger partial charge < -0.3 is 10.6 Å². The minimum atomic E-state index is 0.138. The molecule has 0 bridgehead atoms. The molecular formula is C15H15ClN2OS. The molecule has 3 rings (SSSR count). The summed E-state index contributed by atoms with van der Waals surface area (Å²) in [6.45, 7) is 0.755. The molecule has 1 fully saturated rings. The molecule has 20 heavy (non-hydrogen) atoms. The highest BCUT2D eigenvalue weighted by Gasteiger charge is 2.29. The fourth-order valence-electron chi connectivity index (χ4n) is 1.90. The Morgan fingerprint density at radius 1 is 1.15 bits per heavy atom. The number of benzene rings is 1. The smallest absolute Gasteiger partial charge is 0.227 e. The van der Waals surface area contributed by atoms with Crippen molar-refractivity contribution in [3.8, 4) is 0 Å². The molecule has 0 unspecified atom stereocenters. The summed E-state index contributed by atoms with van der Waals surface area (Å²) in [5.41, 5.74) is 1.88. The Bertz CT molecular complexity index is 605. The molecule has 2 N–H and O–H groups in total. The van der Waals surface area contributed by atoms with Crippen molar-refractivity contribution < 1.29 is 4.79 Å². The van der Waals surface area contributed by atoms with Crippen LogP contribution in [0.15, 0.2) is 36.4 Å². The first-order valence-corrected chi connectivity index (χ1v) is 7.79. The standard InChI is InChI=1S/C15H15ClN2OS/c16-14-8-7-13(20-14)9-17-11-3-5-12(6-4-11)18-15(19)10-1-2-10/h3-8,10,17H,1-2,9H2,(H,18,19). The lowest BCUT2D eigenvalue weighted by molar-refractivity contribution is -0.117. The highest BCUT2D eigenvalue weighted by Crippen LogP contribution is 2.30. The van der Waals surface area contributed by atoms with Gasteiger partial charge in [-0.2, -0.15) is 0 Å². The molecule has 0 radical (unpaired) electrons. The lowest BCUT2D eigenvalue weighted by atomic mass is 10.2. The quantitative estimate of drug-likeness (QED) is 0.861. The molecule has 0 spiro atoms. The van der Waals surface area contributed by atoms with Crippen LogP contribution in [0.3, 0.4) is 0 Å². The van der Waals surface area contributed by atoms with Gasteiger partial charge >= 0.3 is 0 Å². The largest absolute Gasteiger partial charge is 0.380 e. The first kappa shape index (κ1) is 13.5. The molecule has 0 atom stereocenters. The van der Waals surface area contributed by atoms with Crippen LogP contribution in [0.4, 0.5) is 11.4 Å². The van der Waals surface area contributed by atoms with Gasteiger partial charge in [0.05, 0.1) is 4.34 Å². The third kappa shape index (κ3) is 3.52. The van der Waals surface area contributed by atoms with E-state index in [1.54, 1.807) is 11.3 Å². The molecule has 1 heterocycles. The summed E-state index contributed by atoms with van der Waals surface area (Å²) in [6.07, 6.45) is 2.05. The van der Waals surface area contributed by atoms with E-state index in [0.717, 1.165) is 35.1 Å². The average Bonchev–Trinajstić information content (AvgIpc) is 3.22. The Morgan fingerprint density at radius 2 is 1.85 bits per heavy atom. The number of anilines is 2. The SMILES string of the molecule is O=C(Nc1ccc(NCc2ccc(Cl)s2)cc1)C1CC1. The molecule has 1 amide bonds. The van der Waals surface area contributed by atoms with E-state index in [-0.39, 0.29) is 11.8 Å². The number of carbonyl (C=O) groups excluding carboxylic acids is 1. The van der Waals surface area contributed by atoms with Crippen LogP contribution in [0.25, 0.3) is 0 Å². The third-order valence-corrected chi connectivity index (χ3v) is 4.43. The van der Waals surface area contributed by atoms with Crippen LogP contribution in [0.2, 0.25) is 4.34 Å². The van der Waals surface area contributed by atoms with Crippen molar-refractivity contribution in [1.29, 1.82) is 0 Å². The van der Waals surface area contributed by atoms with Crippen molar-refractivity contribution in [3.05, 3.63) is 45.6 Å². The van der Waals surface area contributed by atoms with Gasteiger partial charge in [0.15, 0.2) is 0 Å². The maximum Gasteiger partial charge on any atom is 0.227 e. The number of hydrogen-bond acceptors (Lipinski definition) is 3. The molecule has 104 valence electrons. The lowest BCUT2D eigenvalue weighted by Gasteiger charge is -2.07. The van der Waals surface area contributed by atoms with Crippen molar-refractivity contribution >= 4 is 40.2 Å². The normalized spacial score (nSPS) is 14.1. The highest BCUT2D eigenvalue weighted by molar-refractivity contribution is 7.16. The maximum absolute atomic E-state index is 11.6. The van der Waals surface area contributed by atoms with Crippen LogP contribution in [-0.4, -0.2) is 5.91 Å². The van der Waals surface area contributed by atoms with Crippen LogP contribution in [0.1, 0.15) is 17.7 Å². The predicted molar refractivity (Wildman–Crippen MR) is 84.5 cm³/mol. The summed E-state index contributed by atoms with van der Waals surface area (Å²) in [7, 11) is 0. The fraction of sp³-hybridized carbons (Fsp3) is 0.267. The second-order valence-corrected chi connectivity index (χ2v) is 6.70. The van der Waals surface area contributed by atoms with E-state index in [1.165, 1.54) is 4.88 Å². The number of thiophene rings is 1. The van der Waals surface area contributed by atoms with Gasteiger partial charge in [0.25, 0.3) is 0 Å². The second kappa shape index (κ2) is 5.85. The molecule has 2 aromatic rings. The van der Waals surface area contributed by atoms with E-state index in [4.69, 9.17) is 11.6 Å². The zero-order valence-corrected chi connectivity index (χ0v) is 12.4. The van der Waals surface area contributed by atoms with Crippen molar-refractivity contribution in [2.45, 2.75) is 19.4 Å². The Balaban J connectivity index is 1.54. The number of carbonyl (C=O) groups is 1. The summed E-state index contributed by atoms with van der Waals surface area (Å²) < 4.78 is 0.805. The minimum Gasteiger partial charge on any atom is -0.380 e. The highest BCUT2D eigenvalue weighted by atomic mass is 35.5. The van der Waals surface area contributed by atoms with E-state index < -0.39 is 0 Å². The zero-order chi connectivity index (χ0) is 13.9. The van der Waals surface area contributed by atoms with Gasteiger partial charge in [-0.3, -0.25) is 4.79 Å². The summed E-state index contributed by atoms with van der Waals surface area (Å²) in [4.78, 5) is 12.8. The minimum absolute atomic E-state index is 0.138. The van der Waals surface area contributed by atoms with Crippen molar-refractivity contribution in [1.82, 2.24) is 0 Å². The summed E-state index contributed by atoms with van der Waals surface area (Å²) in [6, 6.07) is 11.7. The monoisotopic (exact) mass is 306 g/mol. The van der Waals surface area contributed by atoms with Gasteiger partial charge in [0.1, 0.15) is 0 Å². The van der Waals surface area contributed by atoms with E-state index in [9.17, 15) is 4.79 Å². The summed E-state index contributed by atoms with van der Waals surface area (Å²) in [5.74, 6) is 0.371. The van der Waals surface area contributed by atoms with Gasteiger partial charge in [-0.1, -0.05) is 11.6 Å². The van der Waals surface area contributed by atoms with Crippen molar-refractivity contribution in [3.63, 3.8) is 0 Å². The predicted octanol–water partition coefficient (Wildman–Crippen LogP) is 4.36. The summed E-state index contributed by atoms with van der Waals surface area (Å²) >= 11 is 7.47. The topological polar surface area (TPSA) is 41.1 Å². The number of hydrogen-bond donors (Lipinski definition) is 2. The second-order valence-electron chi connectivity index (χ2n) is 4.90. The Kier molecular flexibility index (Phi) is 3.94. The van der Waals surface area contributed by atoms with Crippen LogP contribution in [0, 0.1) is 5.92 Å². The number of amides is 1. The van der Waals surface area contributed by atoms with Gasteiger partial charge in [0.2, 0.25) is 5.91 Å². The molecule has 5 heteroatoms. The number of nitrogens with one attached hydrogen (secondary N) is 2. The van der Waals surface area contributed by atoms with E-state index in [1.807, 2.05) is 36.4 Å². The third-order valence-electron chi connectivity index (χ3n) is 3.20. The fourth-order valence-corrected chi connectivity index (χ4v) is 2.92. The van der Waals surface area contributed by atoms with Gasteiger partial charge in [-0.25, -0.2) is 0 Å². The number of rotatable bonds is 5. The lowest BCUT2D eigenvalue weighted by Crippen LogP contribution is -2.13. The van der Waals surface area contributed by atoms with Gasteiger partial charge in [0, 0.05) is 28.7 Å². The molecule has 0 saturated heterocycles. The van der Waals surface area contributed by atoms with E-state index in [0.29, 0.717) is 0 Å². The average molecular weight is 307 g/mol. The molecule has 3 nitrogen and oxygen atoms in total. The van der Waals surface area contributed by atoms with Crippen LogP contribution < -0.4 is 10.6 Å². The van der Waals surface area contributed by atoms with E-state index in [2.05, 4.69) is 10.6 Å². The van der Waals surface area contributed by atoms with Gasteiger partial charge in [-0.05, 0) is 49.2 Å². The first-order chi connectivity index (χ1) is 9.70.